The molecule has 0 aromatic carbocycles. The van der Waals surface area contributed by atoms with Crippen molar-refractivity contribution >= 4 is 23.4 Å². The highest BCUT2D eigenvalue weighted by molar-refractivity contribution is 6.28. The van der Waals surface area contributed by atoms with Gasteiger partial charge in [0, 0.05) is 12.2 Å². The first kappa shape index (κ1) is 16.5. The minimum atomic E-state index is -0.473. The Labute approximate surface area is 134 Å². The summed E-state index contributed by atoms with van der Waals surface area (Å²) in [6.45, 7) is 4.01. The van der Waals surface area contributed by atoms with E-state index < -0.39 is 5.97 Å². The molecule has 1 aromatic heterocycles. The molecule has 1 N–H and O–H groups in total. The fourth-order valence-electron chi connectivity index (χ4n) is 2.53. The van der Waals surface area contributed by atoms with Crippen LogP contribution in [0.3, 0.4) is 0 Å². The zero-order valence-corrected chi connectivity index (χ0v) is 13.5. The van der Waals surface area contributed by atoms with Crippen molar-refractivity contribution in [3.8, 4) is 6.07 Å². The number of nitrogens with zero attached hydrogens (tertiary/aromatic N) is 3. The van der Waals surface area contributed by atoms with Crippen LogP contribution in [0.25, 0.3) is 0 Å². The Morgan fingerprint density at radius 3 is 2.86 bits per heavy atom. The van der Waals surface area contributed by atoms with E-state index in [-0.39, 0.29) is 28.9 Å². The lowest BCUT2D eigenvalue weighted by Gasteiger charge is -2.32. The number of carbonyl (C=O) groups is 1. The van der Waals surface area contributed by atoms with E-state index in [0.717, 1.165) is 25.7 Å². The predicted molar refractivity (Wildman–Crippen MR) is 82.6 cm³/mol. The largest absolute Gasteiger partial charge is 0.462 e. The normalized spacial score (nSPS) is 24.4. The van der Waals surface area contributed by atoms with Crippen LogP contribution < -0.4 is 5.32 Å². The number of carbonyl (C=O) groups excluding carboxylic acids is 1. The molecule has 22 heavy (non-hydrogen) atoms. The number of anilines is 1. The van der Waals surface area contributed by atoms with E-state index in [2.05, 4.69) is 21.4 Å². The highest BCUT2D eigenvalue weighted by Gasteiger charge is 2.31. The van der Waals surface area contributed by atoms with Gasteiger partial charge in [0.2, 0.25) is 5.28 Å². The molecule has 0 radical (unpaired) electrons. The lowest BCUT2D eigenvalue weighted by Crippen LogP contribution is -2.31. The molecule has 1 aliphatic carbocycles. The summed E-state index contributed by atoms with van der Waals surface area (Å²) in [6.07, 6.45) is 4.68. The van der Waals surface area contributed by atoms with Crippen LogP contribution in [0, 0.1) is 16.7 Å². The van der Waals surface area contributed by atoms with Gasteiger partial charge < -0.3 is 10.1 Å². The van der Waals surface area contributed by atoms with Crippen molar-refractivity contribution in [2.75, 3.05) is 11.9 Å². The number of hydrogen-bond donors (Lipinski definition) is 1. The molecule has 1 heterocycles. The van der Waals surface area contributed by atoms with Crippen LogP contribution in [0.5, 0.6) is 0 Å². The second-order valence-electron chi connectivity index (χ2n) is 5.71. The predicted octanol–water partition coefficient (Wildman–Crippen LogP) is 3.19. The van der Waals surface area contributed by atoms with Crippen molar-refractivity contribution in [1.29, 1.82) is 5.26 Å². The third-order valence-electron chi connectivity index (χ3n) is 3.95. The summed E-state index contributed by atoms with van der Waals surface area (Å²) in [4.78, 5) is 19.9. The van der Waals surface area contributed by atoms with Crippen LogP contribution >= 0.6 is 11.6 Å². The minimum Gasteiger partial charge on any atom is -0.462 e. The SMILES string of the molecule is CCOC(=O)c1cnc(Cl)nc1NC1CCC(C)(C#N)CC1. The molecule has 1 saturated carbocycles. The average Bonchev–Trinajstić information content (AvgIpc) is 2.50. The number of nitriles is 1. The molecule has 7 heteroatoms. The zero-order valence-electron chi connectivity index (χ0n) is 12.7. The van der Waals surface area contributed by atoms with E-state index in [0.29, 0.717) is 5.82 Å². The van der Waals surface area contributed by atoms with Gasteiger partial charge in [0.25, 0.3) is 0 Å². The smallest absolute Gasteiger partial charge is 0.343 e. The van der Waals surface area contributed by atoms with Crippen LogP contribution in [0.15, 0.2) is 6.20 Å². The zero-order chi connectivity index (χ0) is 16.2. The Bertz CT molecular complexity index is 592. The molecule has 0 atom stereocenters. The van der Waals surface area contributed by atoms with Gasteiger partial charge in [-0.25, -0.2) is 9.78 Å². The third kappa shape index (κ3) is 3.86. The van der Waals surface area contributed by atoms with E-state index in [4.69, 9.17) is 21.6 Å². The van der Waals surface area contributed by atoms with Gasteiger partial charge in [0.05, 0.1) is 18.1 Å². The van der Waals surface area contributed by atoms with Gasteiger partial charge in [-0.2, -0.15) is 10.2 Å². The molecule has 0 spiro atoms. The van der Waals surface area contributed by atoms with Gasteiger partial charge in [-0.3, -0.25) is 0 Å². The molecule has 0 saturated heterocycles. The highest BCUT2D eigenvalue weighted by atomic mass is 35.5. The molecule has 118 valence electrons. The molecular formula is C15H19ClN4O2. The second kappa shape index (κ2) is 6.93. The number of hydrogen-bond acceptors (Lipinski definition) is 6. The Hall–Kier alpha value is -1.87. The van der Waals surface area contributed by atoms with E-state index in [1.807, 2.05) is 6.92 Å². The highest BCUT2D eigenvalue weighted by Crippen LogP contribution is 2.36. The molecule has 0 unspecified atom stereocenters. The van der Waals surface area contributed by atoms with E-state index in [1.165, 1.54) is 6.20 Å². The number of nitrogens with one attached hydrogen (secondary N) is 1. The van der Waals surface area contributed by atoms with E-state index in [9.17, 15) is 4.79 Å². The molecule has 1 aromatic rings. The van der Waals surface area contributed by atoms with Crippen molar-refractivity contribution in [2.45, 2.75) is 45.6 Å². The number of ether oxygens (including phenoxy) is 1. The fraction of sp³-hybridized carbons (Fsp3) is 0.600. The quantitative estimate of drug-likeness (QED) is 0.676. The van der Waals surface area contributed by atoms with Gasteiger partial charge >= 0.3 is 5.97 Å². The lowest BCUT2D eigenvalue weighted by atomic mass is 9.75. The molecule has 6 nitrogen and oxygen atoms in total. The topological polar surface area (TPSA) is 87.9 Å². The maximum Gasteiger partial charge on any atom is 0.343 e. The molecule has 0 amide bonds. The van der Waals surface area contributed by atoms with Crippen LogP contribution in [0.2, 0.25) is 5.28 Å². The van der Waals surface area contributed by atoms with Gasteiger partial charge in [-0.15, -0.1) is 0 Å². The van der Waals surface area contributed by atoms with Crippen LogP contribution in [0.4, 0.5) is 5.82 Å². The Morgan fingerprint density at radius 2 is 2.27 bits per heavy atom. The number of rotatable bonds is 4. The first-order chi connectivity index (χ1) is 10.5. The van der Waals surface area contributed by atoms with Crippen molar-refractivity contribution in [3.05, 3.63) is 17.0 Å². The molecule has 0 bridgehead atoms. The summed E-state index contributed by atoms with van der Waals surface area (Å²) in [5.74, 6) is -0.0802. The van der Waals surface area contributed by atoms with Crippen molar-refractivity contribution in [2.24, 2.45) is 5.41 Å². The number of halogens is 1. The summed E-state index contributed by atoms with van der Waals surface area (Å²) in [5, 5.41) is 12.5. The summed E-state index contributed by atoms with van der Waals surface area (Å²) in [6, 6.07) is 2.52. The first-order valence-electron chi connectivity index (χ1n) is 7.35. The van der Waals surface area contributed by atoms with Crippen molar-refractivity contribution < 1.29 is 9.53 Å². The summed E-state index contributed by atoms with van der Waals surface area (Å²) in [7, 11) is 0. The summed E-state index contributed by atoms with van der Waals surface area (Å²) < 4.78 is 5.00. The Kier molecular flexibility index (Phi) is 5.19. The van der Waals surface area contributed by atoms with Crippen LogP contribution in [-0.4, -0.2) is 28.6 Å². The Morgan fingerprint density at radius 1 is 1.59 bits per heavy atom. The summed E-state index contributed by atoms with van der Waals surface area (Å²) >= 11 is 5.83. The van der Waals surface area contributed by atoms with Gasteiger partial charge in [0.1, 0.15) is 11.4 Å². The Balaban J connectivity index is 2.11. The maximum atomic E-state index is 11.9. The third-order valence-corrected chi connectivity index (χ3v) is 4.14. The van der Waals surface area contributed by atoms with Crippen LogP contribution in [-0.2, 0) is 4.74 Å². The second-order valence-corrected chi connectivity index (χ2v) is 6.05. The molecule has 2 rings (SSSR count). The monoisotopic (exact) mass is 322 g/mol. The molecule has 1 fully saturated rings. The van der Waals surface area contributed by atoms with E-state index >= 15 is 0 Å². The van der Waals surface area contributed by atoms with Crippen molar-refractivity contribution in [3.63, 3.8) is 0 Å². The standard InChI is InChI=1S/C15H19ClN4O2/c1-3-22-13(21)11-8-18-14(16)20-12(11)19-10-4-6-15(2,9-17)7-5-10/h8,10H,3-7H2,1-2H3,(H,18,19,20). The average molecular weight is 323 g/mol. The number of esters is 1. The van der Waals surface area contributed by atoms with Crippen molar-refractivity contribution in [1.82, 2.24) is 9.97 Å². The van der Waals surface area contributed by atoms with Crippen LogP contribution in [0.1, 0.15) is 49.9 Å². The molecule has 1 aliphatic rings. The van der Waals surface area contributed by atoms with Gasteiger partial charge in [-0.1, -0.05) is 0 Å². The summed E-state index contributed by atoms with van der Waals surface area (Å²) in [5.41, 5.74) is 0.0192. The minimum absolute atomic E-state index is 0.0771. The van der Waals surface area contributed by atoms with E-state index in [1.54, 1.807) is 6.92 Å². The fourth-order valence-corrected chi connectivity index (χ4v) is 2.67. The number of aromatic nitrogens is 2. The molecular weight excluding hydrogens is 304 g/mol. The first-order valence-corrected chi connectivity index (χ1v) is 7.72. The molecule has 0 aliphatic heterocycles. The van der Waals surface area contributed by atoms with Gasteiger partial charge in [0.15, 0.2) is 0 Å². The van der Waals surface area contributed by atoms with Gasteiger partial charge in [-0.05, 0) is 51.1 Å². The maximum absolute atomic E-state index is 11.9. The lowest BCUT2D eigenvalue weighted by molar-refractivity contribution is 0.0526.